The molecule has 0 bridgehead atoms. The van der Waals surface area contributed by atoms with Crippen molar-refractivity contribution in [1.82, 2.24) is 58.5 Å². The van der Waals surface area contributed by atoms with Gasteiger partial charge in [0.15, 0.2) is 35.8 Å². The van der Waals surface area contributed by atoms with Gasteiger partial charge in [-0.25, -0.2) is 0 Å². The summed E-state index contributed by atoms with van der Waals surface area (Å²) < 4.78 is 0. The number of unbranched alkanes of at least 4 members (excludes halogenated alkanes) is 2. The molecule has 12 amide bonds. The molecule has 0 radical (unpaired) electrons. The minimum Gasteiger partial charge on any atom is -0.480 e. The molecule has 0 spiro atoms. The molecule has 0 aliphatic rings. The summed E-state index contributed by atoms with van der Waals surface area (Å²) >= 11 is 0. The summed E-state index contributed by atoms with van der Waals surface area (Å²) in [4.78, 5) is 201. The maximum Gasteiger partial charge on any atom is 0.322 e. The van der Waals surface area contributed by atoms with Gasteiger partial charge in [0.1, 0.15) is 60.9 Å². The number of hydrogen-bond acceptors (Lipinski definition) is 22. The third-order valence-corrected chi connectivity index (χ3v) is 15.0. The Hall–Kier alpha value is -11.4. The zero-order valence-corrected chi connectivity index (χ0v) is 59.8. The third-order valence-electron chi connectivity index (χ3n) is 15.0. The lowest BCUT2D eigenvalue weighted by atomic mass is 10.0. The molecular weight excluding hydrogens is 1390 g/mol. The van der Waals surface area contributed by atoms with Crippen LogP contribution in [0.2, 0.25) is 0 Å². The highest BCUT2D eigenvalue weighted by molar-refractivity contribution is 5.99. The lowest BCUT2D eigenvalue weighted by Gasteiger charge is -2.28. The van der Waals surface area contributed by atoms with Crippen molar-refractivity contribution in [2.75, 3.05) is 72.0 Å². The quantitative estimate of drug-likeness (QED) is 0.0153. The predicted octanol–water partition coefficient (Wildman–Crippen LogP) is -13.5. The van der Waals surface area contributed by atoms with E-state index in [2.05, 4.69) is 88.4 Å². The Balaban J connectivity index is 7.74. The normalized spacial score (nSPS) is 13.2. The Morgan fingerprint density at radius 1 is 0.264 bits per heavy atom. The van der Waals surface area contributed by atoms with E-state index in [1.54, 1.807) is 0 Å². The van der Waals surface area contributed by atoms with Crippen molar-refractivity contribution in [3.63, 3.8) is 0 Å². The second-order valence-corrected chi connectivity index (χ2v) is 24.0. The molecular formula is C59H115N33O14. The van der Waals surface area contributed by atoms with Crippen molar-refractivity contribution < 1.29 is 67.4 Å². The number of nitrogens with two attached hydrogens (primary N) is 16. The maximum atomic E-state index is 14.8. The average Bonchev–Trinajstić information content (AvgIpc) is 0.867. The van der Waals surface area contributed by atoms with Crippen LogP contribution in [0.5, 0.6) is 0 Å². The minimum atomic E-state index is -1.75. The van der Waals surface area contributed by atoms with E-state index in [9.17, 15) is 62.3 Å². The molecule has 47 heteroatoms. The van der Waals surface area contributed by atoms with Gasteiger partial charge in [-0.1, -0.05) is 0 Å². The van der Waals surface area contributed by atoms with Gasteiger partial charge in [-0.2, -0.15) is 0 Å². The fourth-order valence-electron chi connectivity index (χ4n) is 9.67. The van der Waals surface area contributed by atoms with Crippen LogP contribution < -0.4 is 150 Å². The lowest BCUT2D eigenvalue weighted by Crippen LogP contribution is -2.60. The first kappa shape index (κ1) is 94.6. The third kappa shape index (κ3) is 46.3. The predicted molar refractivity (Wildman–Crippen MR) is 394 cm³/mol. The highest BCUT2D eigenvalue weighted by Gasteiger charge is 2.36. The number of aliphatic carboxylic acids is 1. The van der Waals surface area contributed by atoms with Gasteiger partial charge in [0.25, 0.3) is 0 Å². The number of carboxylic acid groups (broad SMARTS) is 1. The van der Waals surface area contributed by atoms with E-state index in [0.717, 1.165) is 0 Å². The number of guanidine groups is 6. The zero-order valence-electron chi connectivity index (χ0n) is 59.8. The van der Waals surface area contributed by atoms with Crippen molar-refractivity contribution in [3.8, 4) is 0 Å². The number of amides is 12. The minimum absolute atomic E-state index is 0.00966. The lowest BCUT2D eigenvalue weighted by molar-refractivity contribution is -0.138. The van der Waals surface area contributed by atoms with Gasteiger partial charge in [-0.15, -0.1) is 0 Å². The monoisotopic (exact) mass is 1510 g/mol. The van der Waals surface area contributed by atoms with Crippen LogP contribution in [0, 0.1) is 0 Å². The molecule has 47 nitrogen and oxygen atoms in total. The van der Waals surface area contributed by atoms with Crippen LogP contribution in [0.15, 0.2) is 30.0 Å². The molecule has 600 valence electrons. The summed E-state index contributed by atoms with van der Waals surface area (Å²) in [6, 6.07) is -13.5. The van der Waals surface area contributed by atoms with Gasteiger partial charge in [0.2, 0.25) is 70.9 Å². The number of aliphatic imine (C=N–C) groups is 6. The van der Waals surface area contributed by atoms with Crippen LogP contribution in [-0.2, 0) is 62.3 Å². The van der Waals surface area contributed by atoms with Crippen LogP contribution in [0.1, 0.15) is 128 Å². The van der Waals surface area contributed by atoms with E-state index >= 15 is 0 Å². The number of rotatable bonds is 58. The topological polar surface area (TPSA) is 865 Å². The number of carbonyl (C=O) groups is 13. The Morgan fingerprint density at radius 3 is 0.708 bits per heavy atom. The molecule has 0 aliphatic heterocycles. The molecule has 0 unspecified atom stereocenters. The molecule has 9 atom stereocenters. The Morgan fingerprint density at radius 2 is 0.491 bits per heavy atom. The first-order chi connectivity index (χ1) is 50.1. The number of hydrogen-bond donors (Lipinski definition) is 28. The van der Waals surface area contributed by atoms with E-state index in [4.69, 9.17) is 96.8 Å². The maximum absolute atomic E-state index is 14.8. The molecule has 44 N–H and O–H groups in total. The van der Waals surface area contributed by atoms with E-state index in [1.165, 1.54) is 0 Å². The van der Waals surface area contributed by atoms with E-state index < -0.39 is 164 Å². The summed E-state index contributed by atoms with van der Waals surface area (Å²) in [6.45, 7) is -1.87. The Bertz CT molecular complexity index is 3000. The first-order valence-corrected chi connectivity index (χ1v) is 34.3. The molecule has 0 aromatic heterocycles. The van der Waals surface area contributed by atoms with Gasteiger partial charge < -0.3 is 155 Å². The highest BCUT2D eigenvalue weighted by atomic mass is 16.4. The van der Waals surface area contributed by atoms with Gasteiger partial charge >= 0.3 is 5.97 Å². The average molecular weight is 1510 g/mol. The van der Waals surface area contributed by atoms with Crippen molar-refractivity contribution in [2.24, 2.45) is 122 Å². The molecule has 0 fully saturated rings. The van der Waals surface area contributed by atoms with Crippen LogP contribution in [0.25, 0.3) is 0 Å². The molecule has 106 heavy (non-hydrogen) atoms. The number of nitrogens with one attached hydrogen (secondary N) is 11. The standard InChI is InChI=1S/C59H115N33O14/c60-21-3-1-11-34(86-46(99)33(84-42(94)29-62)14-6-24-77-55(66)67)47(100)87-35(12-2-4-22-61)48(101)88-37(16-8-26-79-57(70)71)50(103)90-39(18-10-28-81-59(74)75)52(105)92-40(19-20-41(63)93)53(106)91-38(17-9-27-80-58(72)73)51(104)89-36(15-7-25-78-56(68)69)49(102)85-32(13-5-23-76-54(64)65)45(98)83-30-43(95)82-31-44(96)97/h32-40H,1-31,60-62H2,(H2,63,93)(H,82,95)(H,83,98)(H,84,94)(H,85,102)(H,86,99)(H,87,100)(H,88,101)(H,89,104)(H,90,103)(H,91,106)(H,92,105)(H,96,97)(H4,64,65,76)(H4,66,67,77)(H4,68,69,78)(H4,70,71,79)(H4,72,73,80)(H4,74,75,81)/t32-,33-,34-,35-,36-,37-,38-,39-,40-/m0/s1. The Kier molecular flexibility index (Phi) is 49.3. The van der Waals surface area contributed by atoms with Crippen molar-refractivity contribution >= 4 is 113 Å². The van der Waals surface area contributed by atoms with Crippen molar-refractivity contribution in [2.45, 2.75) is 183 Å². The molecule has 0 aliphatic carbocycles. The number of primary amides is 1. The SMILES string of the molecule is NCCCC[C@H](NC(=O)[C@H](CCCN=C(N)N)NC(=O)CN)C(=O)N[C@@H](CCCCN)C(=O)N[C@@H](CCCN=C(N)N)C(=O)N[C@@H](CCCN=C(N)N)C(=O)N[C@@H](CCC(N)=O)C(=O)N[C@@H](CCCN=C(N)N)C(=O)N[C@@H](CCCN=C(N)N)C(=O)N[C@@H](CCCN=C(N)N)C(=O)NCC(=O)NCC(=O)O. The number of carbonyl (C=O) groups excluding carboxylic acids is 12. The molecule has 0 rings (SSSR count). The molecule has 0 heterocycles. The fraction of sp³-hybridized carbons (Fsp3) is 0.678. The second-order valence-electron chi connectivity index (χ2n) is 24.0. The molecule has 0 saturated carbocycles. The summed E-state index contributed by atoms with van der Waals surface area (Å²) in [5, 5.41) is 36.6. The number of carboxylic acids is 1. The van der Waals surface area contributed by atoms with Crippen LogP contribution >= 0.6 is 0 Å². The Labute approximate surface area is 613 Å². The summed E-state index contributed by atoms with van der Waals surface area (Å²) in [5.41, 5.74) is 89.1. The molecule has 0 aromatic rings. The summed E-state index contributed by atoms with van der Waals surface area (Å²) in [6.07, 6.45) is -0.669. The summed E-state index contributed by atoms with van der Waals surface area (Å²) in [7, 11) is 0. The first-order valence-electron chi connectivity index (χ1n) is 34.3. The smallest absolute Gasteiger partial charge is 0.322 e. The van der Waals surface area contributed by atoms with Gasteiger partial charge in [-0.3, -0.25) is 92.3 Å². The van der Waals surface area contributed by atoms with Crippen LogP contribution in [0.3, 0.4) is 0 Å². The van der Waals surface area contributed by atoms with E-state index in [0.29, 0.717) is 19.3 Å². The van der Waals surface area contributed by atoms with Gasteiger partial charge in [0, 0.05) is 45.7 Å². The second kappa shape index (κ2) is 55.2. The number of nitrogens with zero attached hydrogens (tertiary/aromatic N) is 6. The van der Waals surface area contributed by atoms with Gasteiger partial charge in [-0.05, 0) is 135 Å². The molecule has 0 saturated heterocycles. The van der Waals surface area contributed by atoms with Gasteiger partial charge in [0.05, 0.1) is 13.1 Å². The fourth-order valence-corrected chi connectivity index (χ4v) is 9.67. The zero-order chi connectivity index (χ0) is 80.1. The highest BCUT2D eigenvalue weighted by Crippen LogP contribution is 2.13. The largest absolute Gasteiger partial charge is 0.480 e. The van der Waals surface area contributed by atoms with Crippen molar-refractivity contribution in [1.29, 1.82) is 0 Å². The van der Waals surface area contributed by atoms with Crippen molar-refractivity contribution in [3.05, 3.63) is 0 Å². The summed E-state index contributed by atoms with van der Waals surface area (Å²) in [5.74, 6) is -14.3. The van der Waals surface area contributed by atoms with E-state index in [-0.39, 0.29) is 184 Å². The van der Waals surface area contributed by atoms with Crippen LogP contribution in [-0.4, -0.2) is 244 Å². The van der Waals surface area contributed by atoms with Crippen LogP contribution in [0.4, 0.5) is 0 Å². The molecule has 0 aromatic carbocycles. The van der Waals surface area contributed by atoms with E-state index in [1.807, 2.05) is 0 Å².